The Morgan fingerprint density at radius 1 is 1.50 bits per heavy atom. The lowest BCUT2D eigenvalue weighted by atomic mass is 10.1. The van der Waals surface area contributed by atoms with Gasteiger partial charge in [0, 0.05) is 14.0 Å². The molecule has 0 bridgehead atoms. The molecular weight excluding hydrogens is 132 g/mol. The van der Waals surface area contributed by atoms with Crippen LogP contribution in [0.4, 0.5) is 0 Å². The van der Waals surface area contributed by atoms with E-state index in [0.717, 1.165) is 0 Å². The van der Waals surface area contributed by atoms with E-state index < -0.39 is 5.60 Å². The van der Waals surface area contributed by atoms with Gasteiger partial charge in [-0.05, 0) is 13.8 Å². The molecule has 0 N–H and O–H groups in total. The summed E-state index contributed by atoms with van der Waals surface area (Å²) in [5, 5.41) is 0. The minimum absolute atomic E-state index is 0.276. The van der Waals surface area contributed by atoms with Crippen LogP contribution in [0.1, 0.15) is 20.8 Å². The zero-order valence-corrected chi connectivity index (χ0v) is 6.93. The van der Waals surface area contributed by atoms with Crippen LogP contribution in [-0.4, -0.2) is 25.3 Å². The van der Waals surface area contributed by atoms with Crippen LogP contribution in [0.2, 0.25) is 0 Å². The Morgan fingerprint density at radius 2 is 2.00 bits per heavy atom. The molecule has 0 unspecified atom stereocenters. The average molecular weight is 146 g/mol. The van der Waals surface area contributed by atoms with Crippen LogP contribution in [0.25, 0.3) is 0 Å². The van der Waals surface area contributed by atoms with Gasteiger partial charge in [-0.15, -0.1) is 0 Å². The van der Waals surface area contributed by atoms with E-state index in [1.54, 1.807) is 21.0 Å². The summed E-state index contributed by atoms with van der Waals surface area (Å²) >= 11 is 0. The number of rotatable bonds is 3. The molecule has 0 atom stereocenters. The van der Waals surface area contributed by atoms with Crippen molar-refractivity contribution in [2.45, 2.75) is 26.4 Å². The van der Waals surface area contributed by atoms with Crippen molar-refractivity contribution >= 4 is 5.97 Å². The standard InChI is InChI=1S/C7H14O3/c1-6(8)10-7(2,3)5-9-4/h5H2,1-4H3. The maximum atomic E-state index is 10.5. The highest BCUT2D eigenvalue weighted by Gasteiger charge is 2.20. The van der Waals surface area contributed by atoms with Crippen LogP contribution in [0.3, 0.4) is 0 Å². The number of esters is 1. The minimum Gasteiger partial charge on any atom is -0.457 e. The molecular formula is C7H14O3. The predicted octanol–water partition coefficient (Wildman–Crippen LogP) is 0.975. The maximum absolute atomic E-state index is 10.5. The molecule has 0 aromatic heterocycles. The van der Waals surface area contributed by atoms with Gasteiger partial charge in [0.15, 0.2) is 0 Å². The Hall–Kier alpha value is -0.570. The molecule has 60 valence electrons. The van der Waals surface area contributed by atoms with Crippen LogP contribution in [0.15, 0.2) is 0 Å². The number of carbonyl (C=O) groups excluding carboxylic acids is 1. The van der Waals surface area contributed by atoms with Crippen molar-refractivity contribution in [3.05, 3.63) is 0 Å². The SMILES string of the molecule is COCC(C)(C)OC(C)=O. The summed E-state index contributed by atoms with van der Waals surface area (Å²) in [6, 6.07) is 0. The third kappa shape index (κ3) is 4.32. The minimum atomic E-state index is -0.499. The Kier molecular flexibility index (Phi) is 3.36. The first-order valence-electron chi connectivity index (χ1n) is 3.16. The smallest absolute Gasteiger partial charge is 0.303 e. The van der Waals surface area contributed by atoms with Crippen molar-refractivity contribution in [2.24, 2.45) is 0 Å². The van der Waals surface area contributed by atoms with Gasteiger partial charge in [0.2, 0.25) is 0 Å². The van der Waals surface area contributed by atoms with Gasteiger partial charge in [-0.25, -0.2) is 0 Å². The third-order valence-electron chi connectivity index (χ3n) is 0.912. The summed E-state index contributed by atoms with van der Waals surface area (Å²) in [6.07, 6.45) is 0. The second kappa shape index (κ2) is 3.56. The summed E-state index contributed by atoms with van der Waals surface area (Å²) in [6.45, 7) is 5.42. The number of hydrogen-bond donors (Lipinski definition) is 0. The summed E-state index contributed by atoms with van der Waals surface area (Å²) in [7, 11) is 1.57. The first kappa shape index (κ1) is 9.43. The molecule has 0 heterocycles. The first-order valence-corrected chi connectivity index (χ1v) is 3.16. The number of ether oxygens (including phenoxy) is 2. The van der Waals surface area contributed by atoms with E-state index in [-0.39, 0.29) is 5.97 Å². The number of hydrogen-bond acceptors (Lipinski definition) is 3. The second-order valence-corrected chi connectivity index (χ2v) is 2.79. The Labute approximate surface area is 61.3 Å². The Morgan fingerprint density at radius 3 is 2.30 bits per heavy atom. The summed E-state index contributed by atoms with van der Waals surface area (Å²) in [4.78, 5) is 10.5. The summed E-state index contributed by atoms with van der Waals surface area (Å²) in [5.41, 5.74) is -0.499. The van der Waals surface area contributed by atoms with Gasteiger partial charge in [0.25, 0.3) is 0 Å². The lowest BCUT2D eigenvalue weighted by molar-refractivity contribution is -0.158. The van der Waals surface area contributed by atoms with Crippen molar-refractivity contribution < 1.29 is 14.3 Å². The van der Waals surface area contributed by atoms with Crippen LogP contribution in [0, 0.1) is 0 Å². The highest BCUT2D eigenvalue weighted by molar-refractivity contribution is 5.66. The normalized spacial score (nSPS) is 11.2. The van der Waals surface area contributed by atoms with Gasteiger partial charge in [0.05, 0.1) is 6.61 Å². The number of carbonyl (C=O) groups is 1. The van der Waals surface area contributed by atoms with Crippen LogP contribution in [-0.2, 0) is 14.3 Å². The molecule has 0 saturated carbocycles. The highest BCUT2D eigenvalue weighted by Crippen LogP contribution is 2.08. The summed E-state index contributed by atoms with van der Waals surface area (Å²) < 4.78 is 9.74. The monoisotopic (exact) mass is 146 g/mol. The molecule has 0 aromatic carbocycles. The molecule has 0 rings (SSSR count). The third-order valence-corrected chi connectivity index (χ3v) is 0.912. The zero-order chi connectivity index (χ0) is 8.20. The topological polar surface area (TPSA) is 35.5 Å². The predicted molar refractivity (Wildman–Crippen MR) is 37.7 cm³/mol. The fourth-order valence-electron chi connectivity index (χ4n) is 0.766. The van der Waals surface area contributed by atoms with Crippen molar-refractivity contribution in [3.63, 3.8) is 0 Å². The van der Waals surface area contributed by atoms with Gasteiger partial charge in [0.1, 0.15) is 5.60 Å². The Bertz CT molecular complexity index is 118. The molecule has 0 saturated heterocycles. The fraction of sp³-hybridized carbons (Fsp3) is 0.857. The molecule has 0 aliphatic heterocycles. The van der Waals surface area contributed by atoms with E-state index in [4.69, 9.17) is 9.47 Å². The zero-order valence-electron chi connectivity index (χ0n) is 6.93. The summed E-state index contributed by atoms with van der Waals surface area (Å²) in [5.74, 6) is -0.276. The van der Waals surface area contributed by atoms with Gasteiger partial charge in [-0.3, -0.25) is 4.79 Å². The Balaban J connectivity index is 3.74. The molecule has 0 aromatic rings. The van der Waals surface area contributed by atoms with Crippen LogP contribution < -0.4 is 0 Å². The highest BCUT2D eigenvalue weighted by atomic mass is 16.6. The molecule has 10 heavy (non-hydrogen) atoms. The quantitative estimate of drug-likeness (QED) is 0.557. The van der Waals surface area contributed by atoms with E-state index >= 15 is 0 Å². The van der Waals surface area contributed by atoms with Gasteiger partial charge in [-0.2, -0.15) is 0 Å². The van der Waals surface area contributed by atoms with Gasteiger partial charge in [-0.1, -0.05) is 0 Å². The van der Waals surface area contributed by atoms with E-state index in [0.29, 0.717) is 6.61 Å². The van der Waals surface area contributed by atoms with Crippen molar-refractivity contribution in [2.75, 3.05) is 13.7 Å². The molecule has 3 nitrogen and oxygen atoms in total. The maximum Gasteiger partial charge on any atom is 0.303 e. The molecule has 0 aliphatic carbocycles. The molecule has 0 spiro atoms. The fourth-order valence-corrected chi connectivity index (χ4v) is 0.766. The van der Waals surface area contributed by atoms with Crippen LogP contribution in [0.5, 0.6) is 0 Å². The molecule has 0 amide bonds. The lowest BCUT2D eigenvalue weighted by Crippen LogP contribution is -2.31. The van der Waals surface area contributed by atoms with E-state index in [9.17, 15) is 4.79 Å². The lowest BCUT2D eigenvalue weighted by Gasteiger charge is -2.22. The molecule has 3 heteroatoms. The van der Waals surface area contributed by atoms with Gasteiger partial charge >= 0.3 is 5.97 Å². The van der Waals surface area contributed by atoms with Crippen LogP contribution >= 0.6 is 0 Å². The molecule has 0 aliphatic rings. The number of methoxy groups -OCH3 is 1. The van der Waals surface area contributed by atoms with Crippen molar-refractivity contribution in [3.8, 4) is 0 Å². The second-order valence-electron chi connectivity index (χ2n) is 2.79. The van der Waals surface area contributed by atoms with Crippen molar-refractivity contribution in [1.29, 1.82) is 0 Å². The molecule has 0 radical (unpaired) electrons. The van der Waals surface area contributed by atoms with Gasteiger partial charge < -0.3 is 9.47 Å². The van der Waals surface area contributed by atoms with E-state index in [1.807, 2.05) is 0 Å². The van der Waals surface area contributed by atoms with E-state index in [2.05, 4.69) is 0 Å². The molecule has 0 fully saturated rings. The average Bonchev–Trinajstić information content (AvgIpc) is 1.59. The first-order chi connectivity index (χ1) is 4.48. The largest absolute Gasteiger partial charge is 0.457 e. The van der Waals surface area contributed by atoms with Crippen molar-refractivity contribution in [1.82, 2.24) is 0 Å². The van der Waals surface area contributed by atoms with E-state index in [1.165, 1.54) is 6.92 Å².